The van der Waals surface area contributed by atoms with E-state index in [9.17, 15) is 35.9 Å². The van der Waals surface area contributed by atoms with Crippen molar-refractivity contribution in [1.82, 2.24) is 15.6 Å². The number of nitrogens with zero attached hydrogens (tertiary/aromatic N) is 1. The summed E-state index contributed by atoms with van der Waals surface area (Å²) in [5.74, 6) is -0.970. The average Bonchev–Trinajstić information content (AvgIpc) is 2.75. The molecule has 1 heterocycles. The number of amides is 2. The van der Waals surface area contributed by atoms with E-state index >= 15 is 0 Å². The lowest BCUT2D eigenvalue weighted by molar-refractivity contribution is -0.153. The van der Waals surface area contributed by atoms with Gasteiger partial charge in [0.05, 0.1) is 23.5 Å². The van der Waals surface area contributed by atoms with Crippen molar-refractivity contribution < 1.29 is 45.4 Å². The number of pyridine rings is 1. The molecule has 0 spiro atoms. The molecule has 7 nitrogen and oxygen atoms in total. The second kappa shape index (κ2) is 11.7. The summed E-state index contributed by atoms with van der Waals surface area (Å²) >= 11 is 0. The highest BCUT2D eigenvalue weighted by Gasteiger charge is 2.35. The molecule has 0 aliphatic heterocycles. The zero-order valence-electron chi connectivity index (χ0n) is 20.5. The summed E-state index contributed by atoms with van der Waals surface area (Å²) < 4.78 is 87.1. The van der Waals surface area contributed by atoms with E-state index in [1.54, 1.807) is 20.8 Å². The lowest BCUT2D eigenvalue weighted by Gasteiger charge is -2.25. The van der Waals surface area contributed by atoms with Gasteiger partial charge in [0.15, 0.2) is 6.61 Å². The van der Waals surface area contributed by atoms with Crippen molar-refractivity contribution in [2.75, 3.05) is 6.61 Å². The number of hydrogen-bond donors (Lipinski definition) is 2. The monoisotopic (exact) mass is 535 g/mol. The number of benzene rings is 1. The number of alkyl carbamates (subject to hydrolysis) is 1. The second-order valence-electron chi connectivity index (χ2n) is 9.11. The maximum atomic E-state index is 13.5. The predicted octanol–water partition coefficient (Wildman–Crippen LogP) is 5.35. The molecule has 0 bridgehead atoms. The summed E-state index contributed by atoms with van der Waals surface area (Å²) in [7, 11) is 0. The lowest BCUT2D eigenvalue weighted by Crippen LogP contribution is -2.50. The van der Waals surface area contributed by atoms with Gasteiger partial charge in [-0.15, -0.1) is 0 Å². The van der Waals surface area contributed by atoms with E-state index in [-0.39, 0.29) is 17.0 Å². The van der Waals surface area contributed by atoms with E-state index in [0.717, 1.165) is 12.3 Å². The van der Waals surface area contributed by atoms with E-state index in [4.69, 9.17) is 4.74 Å². The normalized spacial score (nSPS) is 13.9. The molecule has 0 saturated carbocycles. The van der Waals surface area contributed by atoms with Gasteiger partial charge >= 0.3 is 18.4 Å². The zero-order chi connectivity index (χ0) is 28.0. The molecule has 204 valence electrons. The maximum absolute atomic E-state index is 13.5. The Morgan fingerprint density at radius 1 is 0.973 bits per heavy atom. The number of nitrogens with one attached hydrogen (secondary N) is 2. The van der Waals surface area contributed by atoms with Crippen LogP contribution in [-0.4, -0.2) is 41.4 Å². The number of rotatable bonds is 8. The fraction of sp³-hybridized carbons (Fsp3) is 0.458. The molecular formula is C24H27F6N3O4. The van der Waals surface area contributed by atoms with Crippen molar-refractivity contribution >= 4 is 12.0 Å². The first kappa shape index (κ1) is 29.7. The molecule has 0 aliphatic rings. The van der Waals surface area contributed by atoms with Crippen LogP contribution in [0.1, 0.15) is 50.6 Å². The van der Waals surface area contributed by atoms with Crippen LogP contribution in [0.2, 0.25) is 0 Å². The Morgan fingerprint density at radius 2 is 1.62 bits per heavy atom. The summed E-state index contributed by atoms with van der Waals surface area (Å²) in [5.41, 5.74) is -1.87. The standard InChI is InChI=1S/C24H27F6N3O4/c1-14(18-10-9-16(12-31-18)36-13-23(25,26)27)32-20(34)19(33-21(35)37-22(2,3)4)11-15-7-5-6-8-17(15)24(28,29)30/h5-10,12,14,19H,11,13H2,1-4H3,(H,32,34)(H,33,35)/t14-,19+/m1/s1. The first-order valence-corrected chi connectivity index (χ1v) is 11.0. The van der Waals surface area contributed by atoms with Crippen molar-refractivity contribution in [3.05, 3.63) is 59.4 Å². The van der Waals surface area contributed by atoms with Crippen molar-refractivity contribution in [3.8, 4) is 5.75 Å². The van der Waals surface area contributed by atoms with Crippen LogP contribution in [-0.2, 0) is 22.1 Å². The van der Waals surface area contributed by atoms with Gasteiger partial charge in [-0.1, -0.05) is 18.2 Å². The van der Waals surface area contributed by atoms with Crippen LogP contribution in [0.15, 0.2) is 42.6 Å². The van der Waals surface area contributed by atoms with Gasteiger partial charge in [-0.05, 0) is 51.5 Å². The summed E-state index contributed by atoms with van der Waals surface area (Å²) in [6, 6.07) is 4.94. The number of carbonyl (C=O) groups is 2. The van der Waals surface area contributed by atoms with E-state index in [1.807, 2.05) is 0 Å². The number of carbonyl (C=O) groups excluding carboxylic acids is 2. The molecule has 1 aromatic heterocycles. The molecule has 1 aromatic carbocycles. The number of halogens is 6. The van der Waals surface area contributed by atoms with E-state index in [2.05, 4.69) is 20.4 Å². The fourth-order valence-corrected chi connectivity index (χ4v) is 3.14. The third kappa shape index (κ3) is 10.2. The summed E-state index contributed by atoms with van der Waals surface area (Å²) in [5, 5.41) is 4.85. The first-order valence-electron chi connectivity index (χ1n) is 11.0. The highest BCUT2D eigenvalue weighted by molar-refractivity contribution is 5.86. The molecule has 2 N–H and O–H groups in total. The Morgan fingerprint density at radius 3 is 2.16 bits per heavy atom. The van der Waals surface area contributed by atoms with Gasteiger partial charge in [-0.25, -0.2) is 4.79 Å². The van der Waals surface area contributed by atoms with E-state index in [1.165, 1.54) is 37.3 Å². The van der Waals surface area contributed by atoms with Crippen molar-refractivity contribution in [2.45, 2.75) is 64.2 Å². The first-order chi connectivity index (χ1) is 16.9. The Balaban J connectivity index is 2.20. The van der Waals surface area contributed by atoms with Gasteiger partial charge in [-0.2, -0.15) is 26.3 Å². The highest BCUT2D eigenvalue weighted by atomic mass is 19.4. The van der Waals surface area contributed by atoms with Gasteiger partial charge in [0.2, 0.25) is 5.91 Å². The molecule has 2 rings (SSSR count). The number of ether oxygens (including phenoxy) is 2. The van der Waals surface area contributed by atoms with Gasteiger partial charge in [-0.3, -0.25) is 9.78 Å². The average molecular weight is 535 g/mol. The predicted molar refractivity (Wildman–Crippen MR) is 121 cm³/mol. The van der Waals surface area contributed by atoms with Crippen LogP contribution in [0.5, 0.6) is 5.75 Å². The van der Waals surface area contributed by atoms with Crippen LogP contribution >= 0.6 is 0 Å². The zero-order valence-corrected chi connectivity index (χ0v) is 20.5. The fourth-order valence-electron chi connectivity index (χ4n) is 3.14. The van der Waals surface area contributed by atoms with Crippen LogP contribution in [0.4, 0.5) is 31.1 Å². The Labute approximate surface area is 209 Å². The molecule has 0 aliphatic carbocycles. The molecule has 0 saturated heterocycles. The Kier molecular flexibility index (Phi) is 9.39. The Bertz CT molecular complexity index is 1070. The van der Waals surface area contributed by atoms with Crippen molar-refractivity contribution in [2.24, 2.45) is 0 Å². The van der Waals surface area contributed by atoms with E-state index < -0.39 is 60.6 Å². The lowest BCUT2D eigenvalue weighted by atomic mass is 9.99. The molecule has 0 unspecified atom stereocenters. The van der Waals surface area contributed by atoms with Crippen LogP contribution in [0, 0.1) is 0 Å². The minimum atomic E-state index is -4.68. The molecule has 0 fully saturated rings. The molecule has 13 heteroatoms. The molecule has 2 amide bonds. The molecular weight excluding hydrogens is 508 g/mol. The minimum absolute atomic E-state index is 0.146. The Hall–Kier alpha value is -3.51. The summed E-state index contributed by atoms with van der Waals surface area (Å²) in [4.78, 5) is 29.3. The largest absolute Gasteiger partial charge is 0.483 e. The number of alkyl halides is 6. The van der Waals surface area contributed by atoms with Gasteiger partial charge in [0, 0.05) is 6.42 Å². The quantitative estimate of drug-likeness (QED) is 0.445. The maximum Gasteiger partial charge on any atom is 0.422 e. The van der Waals surface area contributed by atoms with Crippen LogP contribution in [0.25, 0.3) is 0 Å². The topological polar surface area (TPSA) is 89.6 Å². The van der Waals surface area contributed by atoms with Crippen molar-refractivity contribution in [3.63, 3.8) is 0 Å². The van der Waals surface area contributed by atoms with E-state index in [0.29, 0.717) is 0 Å². The number of aromatic nitrogens is 1. The van der Waals surface area contributed by atoms with Gasteiger partial charge in [0.1, 0.15) is 17.4 Å². The molecule has 0 radical (unpaired) electrons. The molecule has 2 atom stereocenters. The number of hydrogen-bond acceptors (Lipinski definition) is 5. The highest BCUT2D eigenvalue weighted by Crippen LogP contribution is 2.32. The molecule has 2 aromatic rings. The molecule has 37 heavy (non-hydrogen) atoms. The van der Waals surface area contributed by atoms with Gasteiger partial charge < -0.3 is 20.1 Å². The second-order valence-corrected chi connectivity index (χ2v) is 9.11. The van der Waals surface area contributed by atoms with Crippen LogP contribution < -0.4 is 15.4 Å². The summed E-state index contributed by atoms with van der Waals surface area (Å²) in [6.07, 6.45) is -9.67. The van der Waals surface area contributed by atoms with Gasteiger partial charge in [0.25, 0.3) is 0 Å². The SMILES string of the molecule is C[C@@H](NC(=O)[C@H](Cc1ccccc1C(F)(F)F)NC(=O)OC(C)(C)C)c1ccc(OCC(F)(F)F)cn1. The van der Waals surface area contributed by atoms with Crippen LogP contribution in [0.3, 0.4) is 0 Å². The smallest absolute Gasteiger partial charge is 0.422 e. The third-order valence-electron chi connectivity index (χ3n) is 4.72. The summed E-state index contributed by atoms with van der Waals surface area (Å²) in [6.45, 7) is 4.74. The third-order valence-corrected chi connectivity index (χ3v) is 4.72. The van der Waals surface area contributed by atoms with Crippen molar-refractivity contribution in [1.29, 1.82) is 0 Å². The minimum Gasteiger partial charge on any atom is -0.483 e.